The lowest BCUT2D eigenvalue weighted by atomic mass is 9.90. The van der Waals surface area contributed by atoms with E-state index in [2.05, 4.69) is 10.5 Å². The number of nitrogens with zero attached hydrogens (tertiary/aromatic N) is 1. The van der Waals surface area contributed by atoms with E-state index in [0.717, 1.165) is 11.4 Å². The van der Waals surface area contributed by atoms with Crippen LogP contribution in [0.3, 0.4) is 0 Å². The minimum atomic E-state index is -0.350. The fourth-order valence-corrected chi connectivity index (χ4v) is 1.93. The van der Waals surface area contributed by atoms with Gasteiger partial charge in [-0.25, -0.2) is 0 Å². The second-order valence-electron chi connectivity index (χ2n) is 6.13. The van der Waals surface area contributed by atoms with E-state index in [0.29, 0.717) is 0 Å². The van der Waals surface area contributed by atoms with Crippen molar-refractivity contribution in [1.29, 1.82) is 0 Å². The lowest BCUT2D eigenvalue weighted by Crippen LogP contribution is -2.41. The molecule has 1 aromatic carbocycles. The summed E-state index contributed by atoms with van der Waals surface area (Å²) < 4.78 is 16.8. The lowest BCUT2D eigenvalue weighted by Gasteiger charge is -2.32. The highest BCUT2D eigenvalue weighted by molar-refractivity contribution is 6.52. The average molecular weight is 302 g/mol. The van der Waals surface area contributed by atoms with E-state index < -0.39 is 0 Å². The second-order valence-corrected chi connectivity index (χ2v) is 6.13. The molecule has 2 rings (SSSR count). The molecule has 0 bridgehead atoms. The van der Waals surface area contributed by atoms with Gasteiger partial charge in [0.1, 0.15) is 5.75 Å². The molecule has 0 saturated carbocycles. The summed E-state index contributed by atoms with van der Waals surface area (Å²) in [5.74, 6) is 2.66. The van der Waals surface area contributed by atoms with Crippen molar-refractivity contribution in [3.05, 3.63) is 36.3 Å². The highest BCUT2D eigenvalue weighted by atomic mass is 16.7. The molecule has 0 amide bonds. The molecular weight excluding hydrogens is 279 g/mol. The maximum absolute atomic E-state index is 5.85. The van der Waals surface area contributed by atoms with Crippen LogP contribution in [0.15, 0.2) is 41.4 Å². The Bertz CT molecular complexity index is 537. The molecule has 118 valence electrons. The molecule has 1 aromatic rings. The van der Waals surface area contributed by atoms with Gasteiger partial charge < -0.3 is 14.0 Å². The molecule has 0 aliphatic carbocycles. The summed E-state index contributed by atoms with van der Waals surface area (Å²) in [5, 5.41) is 4.12. The van der Waals surface area contributed by atoms with Crippen LogP contribution in [-0.4, -0.2) is 31.6 Å². The molecule has 1 heterocycles. The minimum Gasteiger partial charge on any atom is -0.497 e. The number of anilines is 1. The molecule has 0 atom stereocenters. The monoisotopic (exact) mass is 302 g/mol. The molecule has 22 heavy (non-hydrogen) atoms. The normalized spacial score (nSPS) is 20.0. The van der Waals surface area contributed by atoms with Gasteiger partial charge in [-0.05, 0) is 58.0 Å². The summed E-state index contributed by atoms with van der Waals surface area (Å²) >= 11 is 0. The molecule has 1 aliphatic heterocycles. The van der Waals surface area contributed by atoms with Gasteiger partial charge in [0.25, 0.3) is 0 Å². The fourth-order valence-electron chi connectivity index (χ4n) is 1.93. The Hall–Kier alpha value is -1.79. The van der Waals surface area contributed by atoms with Crippen LogP contribution in [0.4, 0.5) is 5.69 Å². The van der Waals surface area contributed by atoms with E-state index in [1.165, 1.54) is 0 Å². The SMILES string of the molecule is COc1ccc(N/N=C/C=C/B2OC(C)(C)C(C)(C)O2)cc1. The van der Waals surface area contributed by atoms with Gasteiger partial charge in [-0.15, -0.1) is 0 Å². The number of methoxy groups -OCH3 is 1. The molecular formula is C16H23BN2O3. The van der Waals surface area contributed by atoms with Gasteiger partial charge in [0.05, 0.1) is 24.0 Å². The van der Waals surface area contributed by atoms with Crippen molar-refractivity contribution in [2.75, 3.05) is 12.5 Å². The van der Waals surface area contributed by atoms with E-state index in [9.17, 15) is 0 Å². The van der Waals surface area contributed by atoms with Crippen molar-refractivity contribution in [2.45, 2.75) is 38.9 Å². The maximum Gasteiger partial charge on any atom is 0.487 e. The number of hydrazone groups is 1. The zero-order valence-electron chi connectivity index (χ0n) is 13.8. The van der Waals surface area contributed by atoms with E-state index in [-0.39, 0.29) is 18.3 Å². The van der Waals surface area contributed by atoms with Crippen molar-refractivity contribution in [1.82, 2.24) is 0 Å². The fraction of sp³-hybridized carbons (Fsp3) is 0.438. The zero-order chi connectivity index (χ0) is 16.2. The molecule has 1 aliphatic rings. The first kappa shape index (κ1) is 16.6. The van der Waals surface area contributed by atoms with E-state index in [1.54, 1.807) is 19.4 Å². The zero-order valence-corrected chi connectivity index (χ0v) is 13.8. The molecule has 1 saturated heterocycles. The quantitative estimate of drug-likeness (QED) is 0.515. The predicted molar refractivity (Wildman–Crippen MR) is 90.3 cm³/mol. The van der Waals surface area contributed by atoms with Crippen LogP contribution >= 0.6 is 0 Å². The highest BCUT2D eigenvalue weighted by Crippen LogP contribution is 2.36. The summed E-state index contributed by atoms with van der Waals surface area (Å²) in [7, 11) is 1.29. The van der Waals surface area contributed by atoms with Gasteiger partial charge in [0.2, 0.25) is 0 Å². The van der Waals surface area contributed by atoms with Crippen molar-refractivity contribution in [3.63, 3.8) is 0 Å². The Morgan fingerprint density at radius 3 is 2.23 bits per heavy atom. The Labute approximate surface area is 132 Å². The predicted octanol–water partition coefficient (Wildman–Crippen LogP) is 3.28. The molecule has 0 radical (unpaired) electrons. The van der Waals surface area contributed by atoms with Crippen LogP contribution in [0, 0.1) is 0 Å². The summed E-state index contributed by atoms with van der Waals surface area (Å²) in [4.78, 5) is 0. The van der Waals surface area contributed by atoms with Crippen molar-refractivity contribution in [2.24, 2.45) is 5.10 Å². The number of nitrogens with one attached hydrogen (secondary N) is 1. The van der Waals surface area contributed by atoms with Gasteiger partial charge in [-0.1, -0.05) is 5.98 Å². The van der Waals surface area contributed by atoms with Gasteiger partial charge in [-0.2, -0.15) is 5.10 Å². The molecule has 1 N–H and O–H groups in total. The Morgan fingerprint density at radius 2 is 1.68 bits per heavy atom. The Kier molecular flexibility index (Phi) is 4.93. The van der Waals surface area contributed by atoms with Crippen LogP contribution in [0.2, 0.25) is 0 Å². The molecule has 0 aromatic heterocycles. The van der Waals surface area contributed by atoms with E-state index >= 15 is 0 Å². The third kappa shape index (κ3) is 3.90. The average Bonchev–Trinajstić information content (AvgIpc) is 2.67. The lowest BCUT2D eigenvalue weighted by molar-refractivity contribution is 0.00578. The van der Waals surface area contributed by atoms with Gasteiger partial charge in [-0.3, -0.25) is 5.43 Å². The molecule has 6 heteroatoms. The topological polar surface area (TPSA) is 52.1 Å². The molecule has 1 fully saturated rings. The first-order valence-electron chi connectivity index (χ1n) is 7.30. The van der Waals surface area contributed by atoms with Crippen molar-refractivity contribution >= 4 is 19.0 Å². The first-order valence-corrected chi connectivity index (χ1v) is 7.30. The Morgan fingerprint density at radius 1 is 1.09 bits per heavy atom. The standard InChI is InChI=1S/C16H23BN2O3/c1-15(2)16(3,4)22-17(21-15)11-6-12-18-19-13-7-9-14(20-5)10-8-13/h6-12,19H,1-5H3/b11-6+,18-12+. The van der Waals surface area contributed by atoms with Crippen LogP contribution in [0.1, 0.15) is 27.7 Å². The Balaban J connectivity index is 1.82. The van der Waals surface area contributed by atoms with Crippen LogP contribution in [0.5, 0.6) is 5.75 Å². The van der Waals surface area contributed by atoms with Gasteiger partial charge in [0, 0.05) is 6.21 Å². The number of allylic oxidation sites excluding steroid dienone is 1. The van der Waals surface area contributed by atoms with Gasteiger partial charge in [0.15, 0.2) is 0 Å². The minimum absolute atomic E-state index is 0.319. The summed E-state index contributed by atoms with van der Waals surface area (Å²) in [6, 6.07) is 7.54. The number of benzene rings is 1. The van der Waals surface area contributed by atoms with Gasteiger partial charge >= 0.3 is 7.12 Å². The first-order chi connectivity index (χ1) is 10.3. The highest BCUT2D eigenvalue weighted by Gasteiger charge is 2.49. The number of hydrogen-bond acceptors (Lipinski definition) is 5. The third-order valence-electron chi connectivity index (χ3n) is 3.98. The number of ether oxygens (including phenoxy) is 1. The van der Waals surface area contributed by atoms with Crippen LogP contribution < -0.4 is 10.2 Å². The van der Waals surface area contributed by atoms with E-state index in [1.807, 2.05) is 57.9 Å². The number of hydrogen-bond donors (Lipinski definition) is 1. The summed E-state index contributed by atoms with van der Waals surface area (Å²) in [6.07, 6.45) is 3.47. The third-order valence-corrected chi connectivity index (χ3v) is 3.98. The number of rotatable bonds is 5. The van der Waals surface area contributed by atoms with Crippen LogP contribution in [-0.2, 0) is 9.31 Å². The summed E-state index contributed by atoms with van der Waals surface area (Å²) in [5.41, 5.74) is 3.19. The van der Waals surface area contributed by atoms with E-state index in [4.69, 9.17) is 14.0 Å². The van der Waals surface area contributed by atoms with Crippen molar-refractivity contribution < 1.29 is 14.0 Å². The molecule has 0 unspecified atom stereocenters. The smallest absolute Gasteiger partial charge is 0.487 e. The van der Waals surface area contributed by atoms with Crippen LogP contribution in [0.25, 0.3) is 0 Å². The molecule has 5 nitrogen and oxygen atoms in total. The van der Waals surface area contributed by atoms with Crippen molar-refractivity contribution in [3.8, 4) is 5.75 Å². The largest absolute Gasteiger partial charge is 0.497 e. The molecule has 0 spiro atoms. The maximum atomic E-state index is 5.85. The summed E-state index contributed by atoms with van der Waals surface area (Å²) in [6.45, 7) is 8.11. The second kappa shape index (κ2) is 6.54.